The molecule has 0 radical (unpaired) electrons. The molecular weight excluding hydrogens is 288 g/mol. The molecule has 3 fully saturated rings. The number of nitrogens with one attached hydrogen (secondary N) is 1. The molecule has 4 rings (SSSR count). The number of carbonyl (C=O) groups excluding carboxylic acids is 1. The number of amides is 1. The van der Waals surface area contributed by atoms with E-state index in [0.717, 1.165) is 50.6 Å². The van der Waals surface area contributed by atoms with E-state index in [4.69, 9.17) is 5.73 Å². The molecule has 3 N–H and O–H groups in total. The van der Waals surface area contributed by atoms with E-state index < -0.39 is 5.54 Å². The van der Waals surface area contributed by atoms with Gasteiger partial charge in [-0.2, -0.15) is 0 Å². The van der Waals surface area contributed by atoms with Crippen molar-refractivity contribution in [2.24, 2.45) is 11.7 Å². The van der Waals surface area contributed by atoms with Gasteiger partial charge >= 0.3 is 0 Å². The number of hydrogen-bond acceptors (Lipinski definition) is 4. The maximum absolute atomic E-state index is 12.1. The van der Waals surface area contributed by atoms with Crippen LogP contribution in [0.2, 0.25) is 0 Å². The van der Waals surface area contributed by atoms with Crippen molar-refractivity contribution in [2.45, 2.75) is 31.2 Å². The number of piperazine rings is 1. The standard InChI is InChI=1S/C18H26N4O/c19-18(6-7-18)17(23)20-15-2-1-3-16(12-15)22-10-8-21(9-11-22)13-14-4-5-14/h1-3,12,14H,4-11,13,19H2,(H,20,23). The number of rotatable bonds is 5. The fourth-order valence-corrected chi connectivity index (χ4v) is 3.25. The average Bonchev–Trinajstić information content (AvgIpc) is 3.47. The summed E-state index contributed by atoms with van der Waals surface area (Å²) >= 11 is 0. The topological polar surface area (TPSA) is 61.6 Å². The van der Waals surface area contributed by atoms with Gasteiger partial charge in [-0.1, -0.05) is 6.07 Å². The molecule has 23 heavy (non-hydrogen) atoms. The highest BCUT2D eigenvalue weighted by Crippen LogP contribution is 2.34. The van der Waals surface area contributed by atoms with Crippen LogP contribution in [-0.4, -0.2) is 49.1 Å². The maximum Gasteiger partial charge on any atom is 0.244 e. The van der Waals surface area contributed by atoms with Crippen LogP contribution in [0.5, 0.6) is 0 Å². The summed E-state index contributed by atoms with van der Waals surface area (Å²) < 4.78 is 0. The van der Waals surface area contributed by atoms with E-state index in [9.17, 15) is 4.79 Å². The van der Waals surface area contributed by atoms with E-state index in [0.29, 0.717) is 0 Å². The first-order valence-corrected chi connectivity index (χ1v) is 8.80. The third kappa shape index (κ3) is 3.51. The van der Waals surface area contributed by atoms with Crippen LogP contribution < -0.4 is 16.0 Å². The predicted octanol–water partition coefficient (Wildman–Crippen LogP) is 1.65. The van der Waals surface area contributed by atoms with Gasteiger partial charge in [0, 0.05) is 44.1 Å². The van der Waals surface area contributed by atoms with E-state index >= 15 is 0 Å². The van der Waals surface area contributed by atoms with Crippen molar-refractivity contribution in [3.8, 4) is 0 Å². The van der Waals surface area contributed by atoms with Gasteiger partial charge in [0.1, 0.15) is 0 Å². The molecule has 1 aromatic carbocycles. The molecule has 1 heterocycles. The number of nitrogens with zero attached hydrogens (tertiary/aromatic N) is 2. The third-order valence-electron chi connectivity index (χ3n) is 5.30. The fourth-order valence-electron chi connectivity index (χ4n) is 3.25. The van der Waals surface area contributed by atoms with Crippen molar-refractivity contribution in [1.29, 1.82) is 0 Å². The van der Waals surface area contributed by atoms with Crippen molar-refractivity contribution in [1.82, 2.24) is 4.90 Å². The van der Waals surface area contributed by atoms with Gasteiger partial charge in [-0.15, -0.1) is 0 Å². The molecular formula is C18H26N4O. The quantitative estimate of drug-likeness (QED) is 0.867. The van der Waals surface area contributed by atoms with Crippen LogP contribution in [0.1, 0.15) is 25.7 Å². The SMILES string of the molecule is NC1(C(=O)Nc2cccc(N3CCN(CC4CC4)CC3)c2)CC1. The molecule has 2 saturated carbocycles. The number of anilines is 2. The molecule has 0 bridgehead atoms. The van der Waals surface area contributed by atoms with Gasteiger partial charge in [-0.3, -0.25) is 9.69 Å². The molecule has 1 aromatic rings. The molecule has 0 aromatic heterocycles. The Hall–Kier alpha value is -1.59. The van der Waals surface area contributed by atoms with Crippen LogP contribution >= 0.6 is 0 Å². The Bertz CT molecular complexity index is 586. The molecule has 0 unspecified atom stereocenters. The second-order valence-electron chi connectivity index (χ2n) is 7.39. The summed E-state index contributed by atoms with van der Waals surface area (Å²) in [6.45, 7) is 5.68. The van der Waals surface area contributed by atoms with E-state index in [-0.39, 0.29) is 5.91 Å². The first-order chi connectivity index (χ1) is 11.1. The highest BCUT2D eigenvalue weighted by atomic mass is 16.2. The van der Waals surface area contributed by atoms with Crippen molar-refractivity contribution in [3.63, 3.8) is 0 Å². The first-order valence-electron chi connectivity index (χ1n) is 8.80. The summed E-state index contributed by atoms with van der Waals surface area (Å²) in [5, 5.41) is 2.97. The lowest BCUT2D eigenvalue weighted by Crippen LogP contribution is -2.47. The van der Waals surface area contributed by atoms with Crippen LogP contribution in [0, 0.1) is 5.92 Å². The Labute approximate surface area is 137 Å². The van der Waals surface area contributed by atoms with E-state index in [2.05, 4.69) is 27.2 Å². The number of carbonyl (C=O) groups is 1. The van der Waals surface area contributed by atoms with Crippen molar-refractivity contribution >= 4 is 17.3 Å². The Morgan fingerprint density at radius 2 is 1.96 bits per heavy atom. The monoisotopic (exact) mass is 314 g/mol. The van der Waals surface area contributed by atoms with E-state index in [1.54, 1.807) is 0 Å². The number of benzene rings is 1. The molecule has 3 aliphatic rings. The minimum Gasteiger partial charge on any atom is -0.369 e. The van der Waals surface area contributed by atoms with Crippen LogP contribution in [0.3, 0.4) is 0 Å². The highest BCUT2D eigenvalue weighted by molar-refractivity contribution is 6.00. The van der Waals surface area contributed by atoms with Gasteiger partial charge in [0.25, 0.3) is 0 Å². The zero-order valence-corrected chi connectivity index (χ0v) is 13.6. The summed E-state index contributed by atoms with van der Waals surface area (Å²) in [6, 6.07) is 8.15. The molecule has 1 amide bonds. The summed E-state index contributed by atoms with van der Waals surface area (Å²) in [7, 11) is 0. The summed E-state index contributed by atoms with van der Waals surface area (Å²) in [5.74, 6) is 0.912. The Morgan fingerprint density at radius 3 is 2.61 bits per heavy atom. The largest absolute Gasteiger partial charge is 0.369 e. The first kappa shape index (κ1) is 15.0. The molecule has 2 aliphatic carbocycles. The van der Waals surface area contributed by atoms with Gasteiger partial charge in [0.15, 0.2) is 0 Å². The van der Waals surface area contributed by atoms with Crippen molar-refractivity contribution in [2.75, 3.05) is 42.9 Å². The van der Waals surface area contributed by atoms with Gasteiger partial charge in [0.05, 0.1) is 5.54 Å². The lowest BCUT2D eigenvalue weighted by Gasteiger charge is -2.36. The van der Waals surface area contributed by atoms with Crippen LogP contribution in [0.4, 0.5) is 11.4 Å². The molecule has 124 valence electrons. The Morgan fingerprint density at radius 1 is 1.22 bits per heavy atom. The zero-order chi connectivity index (χ0) is 15.9. The second-order valence-corrected chi connectivity index (χ2v) is 7.39. The average molecular weight is 314 g/mol. The Kier molecular flexibility index (Phi) is 3.77. The molecule has 1 saturated heterocycles. The van der Waals surface area contributed by atoms with Crippen LogP contribution in [-0.2, 0) is 4.79 Å². The van der Waals surface area contributed by atoms with Crippen LogP contribution in [0.15, 0.2) is 24.3 Å². The van der Waals surface area contributed by atoms with Gasteiger partial charge in [-0.05, 0) is 49.8 Å². The normalized spacial score (nSPS) is 23.6. The highest BCUT2D eigenvalue weighted by Gasteiger charge is 2.45. The lowest BCUT2D eigenvalue weighted by molar-refractivity contribution is -0.118. The van der Waals surface area contributed by atoms with Crippen LogP contribution in [0.25, 0.3) is 0 Å². The molecule has 0 spiro atoms. The number of hydrogen-bond donors (Lipinski definition) is 2. The summed E-state index contributed by atoms with van der Waals surface area (Å²) in [6.07, 6.45) is 4.43. The molecule has 5 heteroatoms. The minimum absolute atomic E-state index is 0.0519. The third-order valence-corrected chi connectivity index (χ3v) is 5.30. The molecule has 5 nitrogen and oxygen atoms in total. The molecule has 1 aliphatic heterocycles. The van der Waals surface area contributed by atoms with E-state index in [1.807, 2.05) is 12.1 Å². The van der Waals surface area contributed by atoms with Gasteiger partial charge in [-0.25, -0.2) is 0 Å². The molecule has 0 atom stereocenters. The predicted molar refractivity (Wildman–Crippen MR) is 92.6 cm³/mol. The second kappa shape index (κ2) is 5.80. The Balaban J connectivity index is 1.35. The summed E-state index contributed by atoms with van der Waals surface area (Å²) in [5.41, 5.74) is 7.37. The van der Waals surface area contributed by atoms with Gasteiger partial charge < -0.3 is 16.0 Å². The van der Waals surface area contributed by atoms with Gasteiger partial charge in [0.2, 0.25) is 5.91 Å². The lowest BCUT2D eigenvalue weighted by atomic mass is 10.2. The maximum atomic E-state index is 12.1. The smallest absolute Gasteiger partial charge is 0.244 e. The van der Waals surface area contributed by atoms with Crippen molar-refractivity contribution in [3.05, 3.63) is 24.3 Å². The summed E-state index contributed by atoms with van der Waals surface area (Å²) in [4.78, 5) is 17.1. The fraction of sp³-hybridized carbons (Fsp3) is 0.611. The van der Waals surface area contributed by atoms with Crippen molar-refractivity contribution < 1.29 is 4.79 Å². The van der Waals surface area contributed by atoms with E-state index in [1.165, 1.54) is 25.1 Å². The minimum atomic E-state index is -0.621. The zero-order valence-electron chi connectivity index (χ0n) is 13.6. The number of nitrogens with two attached hydrogens (primary N) is 1.